The molecule has 6 rings (SSSR count). The zero-order valence-electron chi connectivity index (χ0n) is 21.9. The molecule has 39 heavy (non-hydrogen) atoms. The number of fused-ring (bicyclic) bond motifs is 2. The van der Waals surface area contributed by atoms with Gasteiger partial charge < -0.3 is 29.3 Å². The number of morpholine rings is 1. The van der Waals surface area contributed by atoms with Gasteiger partial charge in [-0.05, 0) is 55.3 Å². The van der Waals surface area contributed by atoms with Crippen molar-refractivity contribution in [3.05, 3.63) is 71.0 Å². The van der Waals surface area contributed by atoms with Gasteiger partial charge in [0.05, 0.1) is 18.7 Å². The first kappa shape index (κ1) is 25.5. The second-order valence-corrected chi connectivity index (χ2v) is 10.1. The van der Waals surface area contributed by atoms with Crippen LogP contribution >= 0.6 is 11.6 Å². The Hall–Kier alpha value is -3.82. The van der Waals surface area contributed by atoms with Crippen LogP contribution < -0.4 is 24.6 Å². The van der Waals surface area contributed by atoms with Gasteiger partial charge in [0, 0.05) is 66.8 Å². The van der Waals surface area contributed by atoms with Gasteiger partial charge in [0.15, 0.2) is 11.5 Å². The lowest BCUT2D eigenvalue weighted by Gasteiger charge is -2.29. The Balaban J connectivity index is 1.20. The number of halogens is 1. The summed E-state index contributed by atoms with van der Waals surface area (Å²) in [5.41, 5.74) is 4.00. The van der Waals surface area contributed by atoms with Gasteiger partial charge in [0.1, 0.15) is 5.82 Å². The largest absolute Gasteiger partial charge is 0.454 e. The van der Waals surface area contributed by atoms with E-state index in [9.17, 15) is 0 Å². The number of aromatic nitrogens is 3. The van der Waals surface area contributed by atoms with Crippen LogP contribution in [-0.2, 0) is 11.3 Å². The molecule has 2 aromatic carbocycles. The molecule has 4 heterocycles. The maximum atomic E-state index is 6.16. The highest BCUT2D eigenvalue weighted by molar-refractivity contribution is 6.31. The average Bonchev–Trinajstić information content (AvgIpc) is 3.43. The summed E-state index contributed by atoms with van der Waals surface area (Å²) < 4.78 is 16.7. The third kappa shape index (κ3) is 5.94. The van der Waals surface area contributed by atoms with Crippen LogP contribution in [0.4, 0.5) is 17.5 Å². The SMILES string of the molecule is Cc1cc(N(CCCNc2ccnc3cc(Cl)ccc23)Cc2ccc3c(c2)OCO3)nc(N2CCOCC2)n1. The third-order valence-electron chi connectivity index (χ3n) is 6.88. The van der Waals surface area contributed by atoms with E-state index in [0.717, 1.165) is 83.7 Å². The van der Waals surface area contributed by atoms with Gasteiger partial charge in [-0.25, -0.2) is 4.98 Å². The van der Waals surface area contributed by atoms with Crippen molar-refractivity contribution in [3.63, 3.8) is 0 Å². The molecular weight excluding hydrogens is 516 g/mol. The molecule has 1 fully saturated rings. The monoisotopic (exact) mass is 546 g/mol. The number of anilines is 3. The number of ether oxygens (including phenoxy) is 3. The normalized spacial score (nSPS) is 14.6. The van der Waals surface area contributed by atoms with Gasteiger partial charge in [-0.2, -0.15) is 4.98 Å². The van der Waals surface area contributed by atoms with Gasteiger partial charge in [-0.3, -0.25) is 4.98 Å². The fourth-order valence-electron chi connectivity index (χ4n) is 4.91. The summed E-state index contributed by atoms with van der Waals surface area (Å²) in [5.74, 6) is 3.23. The van der Waals surface area contributed by atoms with Crippen molar-refractivity contribution >= 4 is 40.0 Å². The van der Waals surface area contributed by atoms with Crippen molar-refractivity contribution in [1.29, 1.82) is 0 Å². The van der Waals surface area contributed by atoms with E-state index >= 15 is 0 Å². The molecule has 0 radical (unpaired) electrons. The third-order valence-corrected chi connectivity index (χ3v) is 7.12. The average molecular weight is 547 g/mol. The smallest absolute Gasteiger partial charge is 0.231 e. The molecule has 0 unspecified atom stereocenters. The Bertz CT molecular complexity index is 1460. The Labute approximate surface area is 232 Å². The molecule has 0 saturated carbocycles. The van der Waals surface area contributed by atoms with Gasteiger partial charge in [-0.15, -0.1) is 0 Å². The van der Waals surface area contributed by atoms with Crippen LogP contribution in [0.2, 0.25) is 5.02 Å². The molecule has 0 aliphatic carbocycles. The van der Waals surface area contributed by atoms with E-state index in [-0.39, 0.29) is 6.79 Å². The standard InChI is InChI=1S/C29H31ClN6O3/c1-20-15-28(34-29(33-20)35-11-13-37-14-12-35)36(18-21-3-6-26-27(16-21)39-19-38-26)10-2-8-31-24-7-9-32-25-17-22(30)4-5-23(24)25/h3-7,9,15-17H,2,8,10-14,18-19H2,1H3,(H,31,32). The predicted molar refractivity (Wildman–Crippen MR) is 153 cm³/mol. The molecule has 0 bridgehead atoms. The lowest BCUT2D eigenvalue weighted by atomic mass is 10.1. The fraction of sp³-hybridized carbons (Fsp3) is 0.345. The van der Waals surface area contributed by atoms with Crippen LogP contribution in [0, 0.1) is 6.92 Å². The number of benzene rings is 2. The quantitative estimate of drug-likeness (QED) is 0.289. The minimum absolute atomic E-state index is 0.262. The molecule has 4 aromatic rings. The van der Waals surface area contributed by atoms with E-state index in [1.807, 2.05) is 43.5 Å². The van der Waals surface area contributed by atoms with Crippen molar-refractivity contribution in [3.8, 4) is 11.5 Å². The Kier molecular flexibility index (Phi) is 7.51. The molecule has 0 atom stereocenters. The van der Waals surface area contributed by atoms with Gasteiger partial charge in [-0.1, -0.05) is 17.7 Å². The van der Waals surface area contributed by atoms with Crippen LogP contribution in [0.15, 0.2) is 54.7 Å². The maximum Gasteiger partial charge on any atom is 0.231 e. The second kappa shape index (κ2) is 11.5. The van der Waals surface area contributed by atoms with Crippen LogP contribution in [0.3, 0.4) is 0 Å². The molecule has 2 aromatic heterocycles. The minimum Gasteiger partial charge on any atom is -0.454 e. The molecule has 2 aliphatic heterocycles. The Morgan fingerprint density at radius 1 is 1.00 bits per heavy atom. The summed E-state index contributed by atoms with van der Waals surface area (Å²) >= 11 is 6.16. The maximum absolute atomic E-state index is 6.16. The van der Waals surface area contributed by atoms with E-state index in [1.54, 1.807) is 0 Å². The molecule has 9 nitrogen and oxygen atoms in total. The van der Waals surface area contributed by atoms with E-state index in [2.05, 4.69) is 38.3 Å². The predicted octanol–water partition coefficient (Wildman–Crippen LogP) is 5.06. The summed E-state index contributed by atoms with van der Waals surface area (Å²) in [5, 5.41) is 5.32. The van der Waals surface area contributed by atoms with Gasteiger partial charge >= 0.3 is 0 Å². The summed E-state index contributed by atoms with van der Waals surface area (Å²) in [6.07, 6.45) is 2.71. The number of pyridine rings is 1. The molecule has 0 spiro atoms. The Morgan fingerprint density at radius 3 is 2.77 bits per heavy atom. The van der Waals surface area contributed by atoms with Crippen LogP contribution in [-0.4, -0.2) is 61.1 Å². The van der Waals surface area contributed by atoms with Crippen molar-refractivity contribution in [2.75, 3.05) is 61.3 Å². The van der Waals surface area contributed by atoms with Crippen molar-refractivity contribution < 1.29 is 14.2 Å². The number of nitrogens with one attached hydrogen (secondary N) is 1. The zero-order chi connectivity index (χ0) is 26.6. The highest BCUT2D eigenvalue weighted by atomic mass is 35.5. The van der Waals surface area contributed by atoms with Crippen LogP contribution in [0.1, 0.15) is 17.7 Å². The van der Waals surface area contributed by atoms with Crippen molar-refractivity contribution in [2.24, 2.45) is 0 Å². The molecule has 0 amide bonds. The zero-order valence-corrected chi connectivity index (χ0v) is 22.7. The highest BCUT2D eigenvalue weighted by Gasteiger charge is 2.19. The lowest BCUT2D eigenvalue weighted by Crippen LogP contribution is -2.38. The second-order valence-electron chi connectivity index (χ2n) is 9.68. The first-order valence-electron chi connectivity index (χ1n) is 13.2. The summed E-state index contributed by atoms with van der Waals surface area (Å²) in [6, 6.07) is 16.0. The first-order valence-corrected chi connectivity index (χ1v) is 13.6. The highest BCUT2D eigenvalue weighted by Crippen LogP contribution is 2.33. The number of hydrogen-bond donors (Lipinski definition) is 1. The molecule has 1 saturated heterocycles. The van der Waals surface area contributed by atoms with Crippen LogP contribution in [0.5, 0.6) is 11.5 Å². The van der Waals surface area contributed by atoms with E-state index in [0.29, 0.717) is 24.8 Å². The molecule has 2 aliphatic rings. The van der Waals surface area contributed by atoms with Crippen molar-refractivity contribution in [1.82, 2.24) is 15.0 Å². The Morgan fingerprint density at radius 2 is 1.87 bits per heavy atom. The lowest BCUT2D eigenvalue weighted by molar-refractivity contribution is 0.122. The number of rotatable bonds is 9. The summed E-state index contributed by atoms with van der Waals surface area (Å²) in [4.78, 5) is 18.7. The summed E-state index contributed by atoms with van der Waals surface area (Å²) in [7, 11) is 0. The molecule has 202 valence electrons. The molecular formula is C29H31ClN6O3. The summed E-state index contributed by atoms with van der Waals surface area (Å²) in [6.45, 7) is 7.53. The molecule has 1 N–H and O–H groups in total. The number of aryl methyl sites for hydroxylation is 1. The first-order chi connectivity index (χ1) is 19.1. The molecule has 10 heteroatoms. The van der Waals surface area contributed by atoms with E-state index in [4.69, 9.17) is 35.8 Å². The number of hydrogen-bond acceptors (Lipinski definition) is 9. The fourth-order valence-corrected chi connectivity index (χ4v) is 5.07. The van der Waals surface area contributed by atoms with Crippen molar-refractivity contribution in [2.45, 2.75) is 19.9 Å². The minimum atomic E-state index is 0.262. The van der Waals surface area contributed by atoms with Gasteiger partial charge in [0.2, 0.25) is 12.7 Å². The van der Waals surface area contributed by atoms with Crippen LogP contribution in [0.25, 0.3) is 10.9 Å². The van der Waals surface area contributed by atoms with Gasteiger partial charge in [0.25, 0.3) is 0 Å². The number of nitrogens with zero attached hydrogens (tertiary/aromatic N) is 5. The van der Waals surface area contributed by atoms with E-state index in [1.165, 1.54) is 0 Å². The van der Waals surface area contributed by atoms with E-state index < -0.39 is 0 Å². The topological polar surface area (TPSA) is 84.9 Å².